The Balaban J connectivity index is 2.00. The third kappa shape index (κ3) is 1.90. The van der Waals surface area contributed by atoms with E-state index in [1.165, 1.54) is 0 Å². The maximum absolute atomic E-state index is 11.9. The number of amides is 1. The highest BCUT2D eigenvalue weighted by molar-refractivity contribution is 5.86. The van der Waals surface area contributed by atoms with E-state index < -0.39 is 5.54 Å². The lowest BCUT2D eigenvalue weighted by molar-refractivity contribution is -0.125. The molecule has 2 aromatic rings. The van der Waals surface area contributed by atoms with Crippen LogP contribution in [-0.4, -0.2) is 28.0 Å². The van der Waals surface area contributed by atoms with Crippen molar-refractivity contribution in [3.05, 3.63) is 30.6 Å². The molecule has 1 atom stereocenters. The Morgan fingerprint density at radius 3 is 2.89 bits per heavy atom. The molecule has 3 N–H and O–H groups in total. The third-order valence-electron chi connectivity index (χ3n) is 4.11. The molecule has 0 radical (unpaired) electrons. The number of benzene rings is 1. The van der Waals surface area contributed by atoms with Gasteiger partial charge in [-0.1, -0.05) is 12.1 Å². The van der Waals surface area contributed by atoms with Crippen molar-refractivity contribution in [1.29, 1.82) is 0 Å². The first kappa shape index (κ1) is 12.2. The van der Waals surface area contributed by atoms with Crippen LogP contribution in [0, 0.1) is 5.92 Å². The lowest BCUT2D eigenvalue weighted by atomic mass is 9.92. The van der Waals surface area contributed by atoms with Crippen LogP contribution in [-0.2, 0) is 11.3 Å². The first-order valence-corrected chi connectivity index (χ1v) is 6.56. The molecular weight excluding hydrogens is 240 g/mol. The lowest BCUT2D eigenvalue weighted by Gasteiger charge is -2.31. The van der Waals surface area contributed by atoms with Crippen molar-refractivity contribution in [2.75, 3.05) is 7.05 Å². The summed E-state index contributed by atoms with van der Waals surface area (Å²) >= 11 is 0. The summed E-state index contributed by atoms with van der Waals surface area (Å²) in [5, 5.41) is 3.16. The molecule has 1 aromatic heterocycles. The van der Waals surface area contributed by atoms with E-state index in [0.29, 0.717) is 12.5 Å². The van der Waals surface area contributed by atoms with E-state index in [1.54, 1.807) is 6.33 Å². The molecule has 1 aliphatic rings. The van der Waals surface area contributed by atoms with Crippen LogP contribution in [0.5, 0.6) is 0 Å². The van der Waals surface area contributed by atoms with Crippen molar-refractivity contribution < 1.29 is 4.79 Å². The zero-order valence-electron chi connectivity index (χ0n) is 11.0. The minimum absolute atomic E-state index is 0.282. The van der Waals surface area contributed by atoms with Gasteiger partial charge in [0.1, 0.15) is 5.54 Å². The van der Waals surface area contributed by atoms with Crippen LogP contribution < -0.4 is 11.1 Å². The molecule has 5 heteroatoms. The standard InChI is InChI=1S/C14H18N4O/c1-16-14(13(15)19,10-6-7-10)8-18-9-17-11-4-2-3-5-12(11)18/h2-5,9-10,16H,6-8H2,1H3,(H2,15,19). The number of hydrogen-bond acceptors (Lipinski definition) is 3. The van der Waals surface area contributed by atoms with Crippen LogP contribution in [0.1, 0.15) is 12.8 Å². The number of hydrogen-bond donors (Lipinski definition) is 2. The second kappa shape index (κ2) is 4.35. The highest BCUT2D eigenvalue weighted by atomic mass is 16.1. The van der Waals surface area contributed by atoms with Gasteiger partial charge >= 0.3 is 0 Å². The van der Waals surface area contributed by atoms with Gasteiger partial charge < -0.3 is 15.6 Å². The maximum atomic E-state index is 11.9. The lowest BCUT2D eigenvalue weighted by Crippen LogP contribution is -2.58. The number of likely N-dealkylation sites (N-methyl/N-ethyl adjacent to an activating group) is 1. The maximum Gasteiger partial charge on any atom is 0.239 e. The Kier molecular flexibility index (Phi) is 2.78. The monoisotopic (exact) mass is 258 g/mol. The Morgan fingerprint density at radius 2 is 2.26 bits per heavy atom. The summed E-state index contributed by atoms with van der Waals surface area (Å²) in [6, 6.07) is 7.91. The molecule has 0 aliphatic heterocycles. The number of carbonyl (C=O) groups excluding carboxylic acids is 1. The van der Waals surface area contributed by atoms with Crippen LogP contribution >= 0.6 is 0 Å². The third-order valence-corrected chi connectivity index (χ3v) is 4.11. The van der Waals surface area contributed by atoms with Crippen molar-refractivity contribution in [2.45, 2.75) is 24.9 Å². The summed E-state index contributed by atoms with van der Waals surface area (Å²) in [5.74, 6) is 0.0476. The van der Waals surface area contributed by atoms with Gasteiger partial charge in [0.05, 0.1) is 23.9 Å². The van der Waals surface area contributed by atoms with E-state index in [2.05, 4.69) is 10.3 Å². The van der Waals surface area contributed by atoms with Gasteiger partial charge in [-0.05, 0) is 37.9 Å². The van der Waals surface area contributed by atoms with Crippen LogP contribution in [0.3, 0.4) is 0 Å². The van der Waals surface area contributed by atoms with Gasteiger partial charge in [-0.3, -0.25) is 4.79 Å². The smallest absolute Gasteiger partial charge is 0.239 e. The SMILES string of the molecule is CNC(Cn1cnc2ccccc21)(C(N)=O)C1CC1. The fourth-order valence-corrected chi connectivity index (χ4v) is 2.80. The largest absolute Gasteiger partial charge is 0.368 e. The Morgan fingerprint density at radius 1 is 1.53 bits per heavy atom. The summed E-state index contributed by atoms with van der Waals surface area (Å²) in [7, 11) is 1.81. The summed E-state index contributed by atoms with van der Waals surface area (Å²) in [5.41, 5.74) is 6.95. The van der Waals surface area contributed by atoms with Gasteiger partial charge in [0, 0.05) is 0 Å². The van der Waals surface area contributed by atoms with Gasteiger partial charge in [-0.25, -0.2) is 4.98 Å². The second-order valence-electron chi connectivity index (χ2n) is 5.22. The Hall–Kier alpha value is -1.88. The number of nitrogens with zero attached hydrogens (tertiary/aromatic N) is 2. The predicted octanol–water partition coefficient (Wildman–Crippen LogP) is 0.890. The number of aromatic nitrogens is 2. The second-order valence-corrected chi connectivity index (χ2v) is 5.22. The molecule has 1 amide bonds. The van der Waals surface area contributed by atoms with Gasteiger partial charge in [-0.2, -0.15) is 0 Å². The number of primary amides is 1. The predicted molar refractivity (Wildman–Crippen MR) is 73.4 cm³/mol. The molecule has 0 saturated heterocycles. The summed E-state index contributed by atoms with van der Waals surface area (Å²) in [6.45, 7) is 0.532. The van der Waals surface area contributed by atoms with E-state index in [1.807, 2.05) is 35.9 Å². The number of para-hydroxylation sites is 2. The number of nitrogens with two attached hydrogens (primary N) is 1. The number of nitrogens with one attached hydrogen (secondary N) is 1. The number of rotatable bonds is 5. The van der Waals surface area contributed by atoms with Gasteiger partial charge in [-0.15, -0.1) is 0 Å². The Labute approximate surface area is 111 Å². The molecule has 1 aromatic carbocycles. The minimum Gasteiger partial charge on any atom is -0.368 e. The zero-order valence-corrected chi connectivity index (χ0v) is 11.0. The Bertz CT molecular complexity index is 617. The van der Waals surface area contributed by atoms with E-state index in [4.69, 9.17) is 5.73 Å². The molecule has 0 spiro atoms. The van der Waals surface area contributed by atoms with Crippen LogP contribution in [0.15, 0.2) is 30.6 Å². The summed E-state index contributed by atoms with van der Waals surface area (Å²) in [6.07, 6.45) is 3.88. The highest BCUT2D eigenvalue weighted by Gasteiger charge is 2.49. The van der Waals surface area contributed by atoms with Crippen molar-refractivity contribution in [3.63, 3.8) is 0 Å². The summed E-state index contributed by atoms with van der Waals surface area (Å²) < 4.78 is 2.01. The zero-order chi connectivity index (χ0) is 13.5. The average Bonchev–Trinajstić information content (AvgIpc) is 3.19. The van der Waals surface area contributed by atoms with Crippen LogP contribution in [0.2, 0.25) is 0 Å². The topological polar surface area (TPSA) is 72.9 Å². The van der Waals surface area contributed by atoms with Gasteiger partial charge in [0.15, 0.2) is 0 Å². The average molecular weight is 258 g/mol. The molecular formula is C14H18N4O. The van der Waals surface area contributed by atoms with Gasteiger partial charge in [0.25, 0.3) is 0 Å². The first-order valence-electron chi connectivity index (χ1n) is 6.56. The molecule has 1 fully saturated rings. The molecule has 3 rings (SSSR count). The van der Waals surface area contributed by atoms with E-state index in [-0.39, 0.29) is 5.91 Å². The molecule has 5 nitrogen and oxygen atoms in total. The minimum atomic E-state index is -0.663. The molecule has 1 aliphatic carbocycles. The number of fused-ring (bicyclic) bond motifs is 1. The first-order chi connectivity index (χ1) is 9.17. The van der Waals surface area contributed by atoms with E-state index in [0.717, 1.165) is 23.9 Å². The van der Waals surface area contributed by atoms with Crippen LogP contribution in [0.4, 0.5) is 0 Å². The summed E-state index contributed by atoms with van der Waals surface area (Å²) in [4.78, 5) is 16.3. The van der Waals surface area contributed by atoms with E-state index in [9.17, 15) is 4.79 Å². The van der Waals surface area contributed by atoms with E-state index >= 15 is 0 Å². The van der Waals surface area contributed by atoms with Gasteiger partial charge in [0.2, 0.25) is 5.91 Å². The molecule has 0 bridgehead atoms. The molecule has 1 unspecified atom stereocenters. The number of carbonyl (C=O) groups is 1. The molecule has 19 heavy (non-hydrogen) atoms. The molecule has 100 valence electrons. The fraction of sp³-hybridized carbons (Fsp3) is 0.429. The normalized spacial score (nSPS) is 18.4. The van der Waals surface area contributed by atoms with Crippen molar-refractivity contribution >= 4 is 16.9 Å². The molecule has 1 heterocycles. The fourth-order valence-electron chi connectivity index (χ4n) is 2.80. The quantitative estimate of drug-likeness (QED) is 0.836. The number of imidazole rings is 1. The highest BCUT2D eigenvalue weighted by Crippen LogP contribution is 2.40. The molecule has 1 saturated carbocycles. The van der Waals surface area contributed by atoms with Crippen molar-refractivity contribution in [2.24, 2.45) is 11.7 Å². The van der Waals surface area contributed by atoms with Crippen molar-refractivity contribution in [1.82, 2.24) is 14.9 Å². The van der Waals surface area contributed by atoms with Crippen LogP contribution in [0.25, 0.3) is 11.0 Å². The van der Waals surface area contributed by atoms with Crippen molar-refractivity contribution in [3.8, 4) is 0 Å².